The number of rotatable bonds is 9. The normalized spacial score (nSPS) is 13.5. The maximum absolute atomic E-state index is 8.86. The van der Waals surface area contributed by atoms with Gasteiger partial charge in [0.1, 0.15) is 0 Å². The van der Waals surface area contributed by atoms with Gasteiger partial charge in [-0.25, -0.2) is 0 Å². The molecule has 0 aliphatic rings. The molecule has 14 heavy (non-hydrogen) atoms. The molecule has 0 heterocycles. The minimum absolute atomic E-state index is 0.256. The molecule has 1 unspecified atom stereocenters. The van der Waals surface area contributed by atoms with Gasteiger partial charge in [-0.2, -0.15) is 0 Å². The van der Waals surface area contributed by atoms with Gasteiger partial charge in [0.05, 0.1) is 6.61 Å². The van der Waals surface area contributed by atoms with Crippen molar-refractivity contribution >= 4 is 0 Å². The number of aliphatic hydroxyl groups is 1. The summed E-state index contributed by atoms with van der Waals surface area (Å²) in [5, 5.41) is 12.2. The van der Waals surface area contributed by atoms with Crippen LogP contribution in [-0.4, -0.2) is 37.5 Å². The summed E-state index contributed by atoms with van der Waals surface area (Å²) in [6.07, 6.45) is 1.90. The smallest absolute Gasteiger partial charge is 0.0590 e. The van der Waals surface area contributed by atoms with Crippen LogP contribution in [0.1, 0.15) is 33.6 Å². The molecule has 0 spiro atoms. The predicted octanol–water partition coefficient (Wildman–Crippen LogP) is 1.41. The molecule has 3 heteroatoms. The van der Waals surface area contributed by atoms with Crippen molar-refractivity contribution < 1.29 is 9.84 Å². The summed E-state index contributed by atoms with van der Waals surface area (Å²) in [6.45, 7) is 9.18. The Kier molecular flexibility index (Phi) is 9.35. The van der Waals surface area contributed by atoms with Crippen LogP contribution in [0.15, 0.2) is 0 Å². The summed E-state index contributed by atoms with van der Waals surface area (Å²) in [5.41, 5.74) is 0. The fourth-order valence-corrected chi connectivity index (χ4v) is 1.37. The molecule has 0 amide bonds. The van der Waals surface area contributed by atoms with Crippen molar-refractivity contribution in [1.82, 2.24) is 5.32 Å². The zero-order valence-electron chi connectivity index (χ0n) is 9.75. The van der Waals surface area contributed by atoms with Gasteiger partial charge in [0.15, 0.2) is 0 Å². The van der Waals surface area contributed by atoms with E-state index < -0.39 is 0 Å². The van der Waals surface area contributed by atoms with Gasteiger partial charge >= 0.3 is 0 Å². The third kappa shape index (κ3) is 7.30. The lowest BCUT2D eigenvalue weighted by Gasteiger charge is -2.21. The summed E-state index contributed by atoms with van der Waals surface area (Å²) < 4.78 is 5.37. The van der Waals surface area contributed by atoms with Crippen molar-refractivity contribution in [2.75, 3.05) is 26.4 Å². The molecule has 86 valence electrons. The van der Waals surface area contributed by atoms with Crippen LogP contribution in [0, 0.1) is 5.92 Å². The Morgan fingerprint density at radius 2 is 2.00 bits per heavy atom. The van der Waals surface area contributed by atoms with E-state index >= 15 is 0 Å². The molecule has 0 aliphatic heterocycles. The van der Waals surface area contributed by atoms with E-state index in [1.165, 1.54) is 0 Å². The van der Waals surface area contributed by atoms with E-state index in [4.69, 9.17) is 9.84 Å². The van der Waals surface area contributed by atoms with Crippen molar-refractivity contribution in [2.45, 2.75) is 39.7 Å². The average Bonchev–Trinajstić information content (AvgIpc) is 2.15. The van der Waals surface area contributed by atoms with Gasteiger partial charge in [-0.3, -0.25) is 0 Å². The van der Waals surface area contributed by atoms with E-state index in [1.54, 1.807) is 0 Å². The Balaban J connectivity index is 3.41. The molecule has 1 atom stereocenters. The van der Waals surface area contributed by atoms with Gasteiger partial charge in [-0.15, -0.1) is 0 Å². The molecule has 0 radical (unpaired) electrons. The minimum atomic E-state index is 0.256. The average molecular weight is 203 g/mol. The lowest BCUT2D eigenvalue weighted by molar-refractivity contribution is 0.130. The fraction of sp³-hybridized carbons (Fsp3) is 1.00. The lowest BCUT2D eigenvalue weighted by Crippen LogP contribution is -2.36. The largest absolute Gasteiger partial charge is 0.396 e. The summed E-state index contributed by atoms with van der Waals surface area (Å²) >= 11 is 0. The van der Waals surface area contributed by atoms with Crippen LogP contribution >= 0.6 is 0 Å². The van der Waals surface area contributed by atoms with E-state index in [9.17, 15) is 0 Å². The molecule has 0 aromatic rings. The predicted molar refractivity (Wildman–Crippen MR) is 59.4 cm³/mol. The van der Waals surface area contributed by atoms with Crippen molar-refractivity contribution in [3.05, 3.63) is 0 Å². The topological polar surface area (TPSA) is 41.5 Å². The van der Waals surface area contributed by atoms with Gasteiger partial charge in [0, 0.05) is 25.8 Å². The second-order valence-electron chi connectivity index (χ2n) is 3.93. The number of aliphatic hydroxyl groups excluding tert-OH is 1. The molecule has 0 fully saturated rings. The first kappa shape index (κ1) is 13.9. The van der Waals surface area contributed by atoms with E-state index in [-0.39, 0.29) is 6.61 Å². The van der Waals surface area contributed by atoms with Crippen LogP contribution in [-0.2, 0) is 4.74 Å². The highest BCUT2D eigenvalue weighted by Crippen LogP contribution is 2.04. The number of ether oxygens (including phenoxy) is 1. The first-order chi connectivity index (χ1) is 6.72. The first-order valence-electron chi connectivity index (χ1n) is 5.64. The number of hydrogen-bond acceptors (Lipinski definition) is 3. The monoisotopic (exact) mass is 203 g/mol. The zero-order chi connectivity index (χ0) is 10.8. The highest BCUT2D eigenvalue weighted by atomic mass is 16.5. The Bertz CT molecular complexity index is 118. The van der Waals surface area contributed by atoms with Crippen molar-refractivity contribution in [1.29, 1.82) is 0 Å². The molecule has 0 saturated heterocycles. The third-order valence-electron chi connectivity index (χ3n) is 2.25. The summed E-state index contributed by atoms with van der Waals surface area (Å²) in [6, 6.07) is 0.408. The van der Waals surface area contributed by atoms with Gasteiger partial charge in [-0.05, 0) is 18.8 Å². The summed E-state index contributed by atoms with van der Waals surface area (Å²) in [5.74, 6) is 0.563. The molecule has 0 aliphatic carbocycles. The van der Waals surface area contributed by atoms with Crippen LogP contribution < -0.4 is 5.32 Å². The molecule has 3 nitrogen and oxygen atoms in total. The first-order valence-corrected chi connectivity index (χ1v) is 5.64. The second-order valence-corrected chi connectivity index (χ2v) is 3.93. The van der Waals surface area contributed by atoms with Crippen LogP contribution in [0.25, 0.3) is 0 Å². The van der Waals surface area contributed by atoms with Crippen LogP contribution in [0.5, 0.6) is 0 Å². The van der Waals surface area contributed by atoms with Crippen LogP contribution in [0.4, 0.5) is 0 Å². The molecule has 0 aromatic heterocycles. The van der Waals surface area contributed by atoms with Crippen LogP contribution in [0.3, 0.4) is 0 Å². The van der Waals surface area contributed by atoms with Gasteiger partial charge in [0.25, 0.3) is 0 Å². The lowest BCUT2D eigenvalue weighted by atomic mass is 10.0. The molecular weight excluding hydrogens is 178 g/mol. The highest BCUT2D eigenvalue weighted by molar-refractivity contribution is 4.69. The fourth-order valence-electron chi connectivity index (χ4n) is 1.37. The summed E-state index contributed by atoms with van der Waals surface area (Å²) in [7, 11) is 0. The molecule has 0 saturated carbocycles. The maximum atomic E-state index is 8.86. The van der Waals surface area contributed by atoms with E-state index in [1.807, 2.05) is 0 Å². The van der Waals surface area contributed by atoms with Crippen molar-refractivity contribution in [3.63, 3.8) is 0 Å². The maximum Gasteiger partial charge on any atom is 0.0590 e. The SMILES string of the molecule is CCCOCCNC(CCO)C(C)C. The molecule has 0 aromatic carbocycles. The molecule has 0 bridgehead atoms. The van der Waals surface area contributed by atoms with Crippen molar-refractivity contribution in [3.8, 4) is 0 Å². The Morgan fingerprint density at radius 1 is 1.29 bits per heavy atom. The zero-order valence-corrected chi connectivity index (χ0v) is 9.75. The standard InChI is InChI=1S/C11H25NO2/c1-4-8-14-9-6-12-11(5-7-13)10(2)3/h10-13H,4-9H2,1-3H3. The van der Waals surface area contributed by atoms with E-state index in [0.29, 0.717) is 12.0 Å². The van der Waals surface area contributed by atoms with Crippen molar-refractivity contribution in [2.24, 2.45) is 5.92 Å². The number of nitrogens with one attached hydrogen (secondary N) is 1. The Hall–Kier alpha value is -0.120. The Labute approximate surface area is 87.8 Å². The third-order valence-corrected chi connectivity index (χ3v) is 2.25. The van der Waals surface area contributed by atoms with Gasteiger partial charge in [-0.1, -0.05) is 20.8 Å². The minimum Gasteiger partial charge on any atom is -0.396 e. The number of hydrogen-bond donors (Lipinski definition) is 2. The van der Waals surface area contributed by atoms with Crippen LogP contribution in [0.2, 0.25) is 0 Å². The Morgan fingerprint density at radius 3 is 2.50 bits per heavy atom. The highest BCUT2D eigenvalue weighted by Gasteiger charge is 2.10. The van der Waals surface area contributed by atoms with E-state index in [2.05, 4.69) is 26.1 Å². The molecular formula is C11H25NO2. The second kappa shape index (κ2) is 9.44. The van der Waals surface area contributed by atoms with Gasteiger partial charge < -0.3 is 15.2 Å². The van der Waals surface area contributed by atoms with Gasteiger partial charge in [0.2, 0.25) is 0 Å². The quantitative estimate of drug-likeness (QED) is 0.557. The molecule has 0 rings (SSSR count). The summed E-state index contributed by atoms with van der Waals surface area (Å²) in [4.78, 5) is 0. The van der Waals surface area contributed by atoms with E-state index in [0.717, 1.165) is 32.6 Å². The molecule has 2 N–H and O–H groups in total.